The van der Waals surface area contributed by atoms with Crippen molar-refractivity contribution < 1.29 is 8.42 Å². The highest BCUT2D eigenvalue weighted by atomic mass is 32.2. The molecule has 1 aromatic rings. The lowest BCUT2D eigenvalue weighted by molar-refractivity contribution is 0.481. The molecule has 1 aliphatic rings. The summed E-state index contributed by atoms with van der Waals surface area (Å²) in [6, 6.07) is -0.103. The third-order valence-corrected chi connectivity index (χ3v) is 5.29. The van der Waals surface area contributed by atoms with E-state index in [2.05, 4.69) is 12.0 Å². The molecule has 2 rings (SSSR count). The van der Waals surface area contributed by atoms with Gasteiger partial charge in [0.25, 0.3) is 0 Å². The van der Waals surface area contributed by atoms with E-state index >= 15 is 0 Å². The lowest BCUT2D eigenvalue weighted by Crippen LogP contribution is -2.16. The maximum Gasteiger partial charge on any atom is 0.150 e. The molecule has 0 bridgehead atoms. The maximum atomic E-state index is 11.4. The van der Waals surface area contributed by atoms with Crippen molar-refractivity contribution in [3.05, 3.63) is 18.0 Å². The van der Waals surface area contributed by atoms with Crippen molar-refractivity contribution in [3.63, 3.8) is 0 Å². The summed E-state index contributed by atoms with van der Waals surface area (Å²) in [5, 5.41) is 4.25. The molecule has 0 radical (unpaired) electrons. The molecule has 102 valence electrons. The number of hydrogen-bond acceptors (Lipinski definition) is 4. The van der Waals surface area contributed by atoms with Crippen LogP contribution in [0.15, 0.2) is 12.4 Å². The zero-order valence-corrected chi connectivity index (χ0v) is 11.6. The van der Waals surface area contributed by atoms with Crippen molar-refractivity contribution in [3.8, 4) is 0 Å². The molecule has 2 atom stereocenters. The molecular weight excluding hydrogens is 250 g/mol. The molecule has 1 aliphatic heterocycles. The Bertz CT molecular complexity index is 495. The highest BCUT2D eigenvalue weighted by Gasteiger charge is 2.29. The Morgan fingerprint density at radius 1 is 1.61 bits per heavy atom. The molecule has 1 aromatic heterocycles. The molecule has 1 saturated heterocycles. The van der Waals surface area contributed by atoms with Gasteiger partial charge in [0.15, 0.2) is 9.84 Å². The van der Waals surface area contributed by atoms with Crippen LogP contribution >= 0.6 is 0 Å². The first-order valence-electron chi connectivity index (χ1n) is 6.48. The van der Waals surface area contributed by atoms with E-state index in [1.54, 1.807) is 6.20 Å². The highest BCUT2D eigenvalue weighted by molar-refractivity contribution is 7.91. The van der Waals surface area contributed by atoms with Gasteiger partial charge in [0.2, 0.25) is 0 Å². The number of sulfone groups is 1. The molecule has 0 amide bonds. The molecule has 1 fully saturated rings. The average molecular weight is 271 g/mol. The summed E-state index contributed by atoms with van der Waals surface area (Å²) >= 11 is 0. The first-order valence-corrected chi connectivity index (χ1v) is 8.30. The molecule has 2 unspecified atom stereocenters. The van der Waals surface area contributed by atoms with Gasteiger partial charge in [-0.05, 0) is 25.2 Å². The normalized spacial score (nSPS) is 24.2. The Balaban J connectivity index is 1.93. The zero-order valence-electron chi connectivity index (χ0n) is 10.7. The summed E-state index contributed by atoms with van der Waals surface area (Å²) in [6.07, 6.45) is 6.29. The van der Waals surface area contributed by atoms with E-state index in [0.29, 0.717) is 11.5 Å². The van der Waals surface area contributed by atoms with Gasteiger partial charge < -0.3 is 5.73 Å². The summed E-state index contributed by atoms with van der Waals surface area (Å²) in [4.78, 5) is 0. The average Bonchev–Trinajstić information content (AvgIpc) is 2.86. The van der Waals surface area contributed by atoms with Crippen LogP contribution in [0.5, 0.6) is 0 Å². The Morgan fingerprint density at radius 3 is 3.00 bits per heavy atom. The van der Waals surface area contributed by atoms with Crippen LogP contribution in [0, 0.1) is 5.92 Å². The molecule has 6 heteroatoms. The SMILES string of the molecule is CCCn1cc(C(N)CC2CCS(=O)(=O)C2)cn1. The molecule has 0 aliphatic carbocycles. The van der Waals surface area contributed by atoms with Gasteiger partial charge in [-0.1, -0.05) is 6.92 Å². The Morgan fingerprint density at radius 2 is 2.39 bits per heavy atom. The van der Waals surface area contributed by atoms with Crippen LogP contribution in [-0.4, -0.2) is 29.7 Å². The van der Waals surface area contributed by atoms with E-state index < -0.39 is 9.84 Å². The Labute approximate surface area is 108 Å². The summed E-state index contributed by atoms with van der Waals surface area (Å²) < 4.78 is 24.7. The van der Waals surface area contributed by atoms with Crippen LogP contribution in [-0.2, 0) is 16.4 Å². The second-order valence-electron chi connectivity index (χ2n) is 5.15. The standard InChI is InChI=1S/C12H21N3O2S/c1-2-4-15-8-11(7-14-15)12(13)6-10-3-5-18(16,17)9-10/h7-8,10,12H,2-6,9,13H2,1H3. The van der Waals surface area contributed by atoms with E-state index in [-0.39, 0.29) is 12.0 Å². The Kier molecular flexibility index (Phi) is 4.07. The summed E-state index contributed by atoms with van der Waals surface area (Å²) in [5.41, 5.74) is 7.13. The third-order valence-electron chi connectivity index (χ3n) is 3.45. The minimum absolute atomic E-state index is 0.103. The summed E-state index contributed by atoms with van der Waals surface area (Å²) in [7, 11) is -2.80. The van der Waals surface area contributed by atoms with Crippen LogP contribution in [0.25, 0.3) is 0 Å². The number of nitrogens with two attached hydrogens (primary N) is 1. The third kappa shape index (κ3) is 3.32. The largest absolute Gasteiger partial charge is 0.324 e. The molecule has 5 nitrogen and oxygen atoms in total. The zero-order chi connectivity index (χ0) is 13.2. The Hall–Kier alpha value is -0.880. The number of nitrogens with zero attached hydrogens (tertiary/aromatic N) is 2. The van der Waals surface area contributed by atoms with E-state index in [1.807, 2.05) is 10.9 Å². The van der Waals surface area contributed by atoms with Crippen molar-refractivity contribution in [2.24, 2.45) is 11.7 Å². The van der Waals surface area contributed by atoms with Gasteiger partial charge >= 0.3 is 0 Å². The van der Waals surface area contributed by atoms with Gasteiger partial charge in [-0.15, -0.1) is 0 Å². The summed E-state index contributed by atoms with van der Waals surface area (Å²) in [5.74, 6) is 0.822. The molecule has 2 heterocycles. The van der Waals surface area contributed by atoms with Crippen molar-refractivity contribution in [2.75, 3.05) is 11.5 Å². The van der Waals surface area contributed by atoms with Gasteiger partial charge in [-0.25, -0.2) is 8.42 Å². The van der Waals surface area contributed by atoms with Crippen LogP contribution in [0.2, 0.25) is 0 Å². The van der Waals surface area contributed by atoms with Crippen molar-refractivity contribution in [1.29, 1.82) is 0 Å². The minimum Gasteiger partial charge on any atom is -0.324 e. The van der Waals surface area contributed by atoms with Gasteiger partial charge in [-0.3, -0.25) is 4.68 Å². The van der Waals surface area contributed by atoms with E-state index in [0.717, 1.165) is 31.4 Å². The first-order chi connectivity index (χ1) is 8.50. The van der Waals surface area contributed by atoms with E-state index in [4.69, 9.17) is 5.73 Å². The number of aryl methyl sites for hydroxylation is 1. The molecule has 0 aromatic carbocycles. The fraction of sp³-hybridized carbons (Fsp3) is 0.750. The maximum absolute atomic E-state index is 11.4. The second-order valence-corrected chi connectivity index (χ2v) is 7.38. The second kappa shape index (κ2) is 5.40. The van der Waals surface area contributed by atoms with E-state index in [9.17, 15) is 8.42 Å². The predicted octanol–water partition coefficient (Wildman–Crippen LogP) is 1.12. The van der Waals surface area contributed by atoms with Crippen molar-refractivity contribution in [2.45, 2.75) is 38.8 Å². The smallest absolute Gasteiger partial charge is 0.150 e. The van der Waals surface area contributed by atoms with Crippen LogP contribution in [0.1, 0.15) is 37.8 Å². The van der Waals surface area contributed by atoms with Crippen LogP contribution in [0.3, 0.4) is 0 Å². The van der Waals surface area contributed by atoms with Gasteiger partial charge in [0, 0.05) is 24.3 Å². The molecule has 0 saturated carbocycles. The van der Waals surface area contributed by atoms with E-state index in [1.165, 1.54) is 0 Å². The van der Waals surface area contributed by atoms with Crippen molar-refractivity contribution >= 4 is 9.84 Å². The van der Waals surface area contributed by atoms with Crippen molar-refractivity contribution in [1.82, 2.24) is 9.78 Å². The van der Waals surface area contributed by atoms with Gasteiger partial charge in [0.1, 0.15) is 0 Å². The van der Waals surface area contributed by atoms with Gasteiger partial charge in [-0.2, -0.15) is 5.10 Å². The fourth-order valence-corrected chi connectivity index (χ4v) is 4.36. The molecule has 2 N–H and O–H groups in total. The topological polar surface area (TPSA) is 78.0 Å². The quantitative estimate of drug-likeness (QED) is 0.870. The summed E-state index contributed by atoms with van der Waals surface area (Å²) in [6.45, 7) is 3.00. The predicted molar refractivity (Wildman–Crippen MR) is 70.8 cm³/mol. The highest BCUT2D eigenvalue weighted by Crippen LogP contribution is 2.27. The van der Waals surface area contributed by atoms with Crippen LogP contribution in [0.4, 0.5) is 0 Å². The number of aromatic nitrogens is 2. The fourth-order valence-electron chi connectivity index (χ4n) is 2.48. The number of hydrogen-bond donors (Lipinski definition) is 1. The number of rotatable bonds is 5. The first kappa shape index (κ1) is 13.5. The van der Waals surface area contributed by atoms with Gasteiger partial charge in [0.05, 0.1) is 17.7 Å². The van der Waals surface area contributed by atoms with Crippen LogP contribution < -0.4 is 5.73 Å². The minimum atomic E-state index is -2.80. The molecule has 18 heavy (non-hydrogen) atoms. The lowest BCUT2D eigenvalue weighted by atomic mass is 9.97. The monoisotopic (exact) mass is 271 g/mol. The molecular formula is C12H21N3O2S. The molecule has 0 spiro atoms. The lowest BCUT2D eigenvalue weighted by Gasteiger charge is -2.13.